The Morgan fingerprint density at radius 2 is 1.69 bits per heavy atom. The molecular weight excluding hydrogens is 391 g/mol. The maximum Gasteiger partial charge on any atom is 0.264 e. The lowest BCUT2D eigenvalue weighted by molar-refractivity contribution is -0.114. The number of amides is 1. The van der Waals surface area contributed by atoms with Crippen molar-refractivity contribution in [2.75, 3.05) is 9.62 Å². The van der Waals surface area contributed by atoms with E-state index in [4.69, 9.17) is 0 Å². The number of anilines is 2. The second-order valence-corrected chi connectivity index (χ2v) is 8.51. The van der Waals surface area contributed by atoms with Gasteiger partial charge in [-0.3, -0.25) is 9.10 Å². The van der Waals surface area contributed by atoms with Crippen molar-refractivity contribution in [2.24, 2.45) is 0 Å². The molecule has 0 aliphatic heterocycles. The van der Waals surface area contributed by atoms with Gasteiger partial charge in [0.05, 0.1) is 17.1 Å². The van der Waals surface area contributed by atoms with Crippen molar-refractivity contribution in [1.29, 1.82) is 0 Å². The maximum absolute atomic E-state index is 14.2. The van der Waals surface area contributed by atoms with Crippen LogP contribution in [0.4, 0.5) is 15.8 Å². The molecule has 150 valence electrons. The third-order valence-electron chi connectivity index (χ3n) is 4.32. The lowest BCUT2D eigenvalue weighted by atomic mass is 10.2. The van der Waals surface area contributed by atoms with Crippen LogP contribution in [0.3, 0.4) is 0 Å². The molecule has 3 aromatic carbocycles. The van der Waals surface area contributed by atoms with Crippen LogP contribution in [0.25, 0.3) is 0 Å². The standard InChI is InChI=1S/C22H21FN2O3S/c1-16-6-5-8-20(14-16)25(15-18-7-3-4-9-22(18)23)29(27,28)21-12-10-19(11-13-21)24-17(2)26/h3-14H,15H2,1-2H3,(H,24,26). The summed E-state index contributed by atoms with van der Waals surface area (Å²) in [7, 11) is -3.98. The normalized spacial score (nSPS) is 11.1. The average molecular weight is 412 g/mol. The van der Waals surface area contributed by atoms with Crippen LogP contribution in [-0.2, 0) is 21.4 Å². The molecule has 0 unspecified atom stereocenters. The zero-order valence-electron chi connectivity index (χ0n) is 16.1. The quantitative estimate of drug-likeness (QED) is 0.649. The smallest absolute Gasteiger partial charge is 0.264 e. The Kier molecular flexibility index (Phi) is 5.98. The predicted molar refractivity (Wildman–Crippen MR) is 112 cm³/mol. The Hall–Kier alpha value is -3.19. The monoisotopic (exact) mass is 412 g/mol. The topological polar surface area (TPSA) is 66.5 Å². The molecule has 1 N–H and O–H groups in total. The summed E-state index contributed by atoms with van der Waals surface area (Å²) in [6, 6.07) is 19.0. The highest BCUT2D eigenvalue weighted by atomic mass is 32.2. The molecule has 0 fully saturated rings. The molecule has 1 amide bonds. The van der Waals surface area contributed by atoms with Gasteiger partial charge in [0.2, 0.25) is 5.91 Å². The number of nitrogens with one attached hydrogen (secondary N) is 1. The first-order valence-electron chi connectivity index (χ1n) is 8.98. The van der Waals surface area contributed by atoms with Crippen molar-refractivity contribution in [2.45, 2.75) is 25.3 Å². The molecule has 0 spiro atoms. The Labute approximate surface area is 169 Å². The highest BCUT2D eigenvalue weighted by molar-refractivity contribution is 7.92. The number of hydrogen-bond acceptors (Lipinski definition) is 3. The lowest BCUT2D eigenvalue weighted by Gasteiger charge is -2.25. The first-order chi connectivity index (χ1) is 13.8. The van der Waals surface area contributed by atoms with Gasteiger partial charge in [-0.25, -0.2) is 12.8 Å². The molecule has 0 bridgehead atoms. The van der Waals surface area contributed by atoms with Crippen molar-refractivity contribution >= 4 is 27.3 Å². The van der Waals surface area contributed by atoms with Crippen molar-refractivity contribution in [3.8, 4) is 0 Å². The SMILES string of the molecule is CC(=O)Nc1ccc(S(=O)(=O)N(Cc2ccccc2F)c2cccc(C)c2)cc1. The fourth-order valence-corrected chi connectivity index (χ4v) is 4.35. The number of hydrogen-bond donors (Lipinski definition) is 1. The molecule has 7 heteroatoms. The summed E-state index contributed by atoms with van der Waals surface area (Å²) in [5.41, 5.74) is 2.09. The fourth-order valence-electron chi connectivity index (χ4n) is 2.92. The number of rotatable bonds is 6. The second-order valence-electron chi connectivity index (χ2n) is 6.65. The van der Waals surface area contributed by atoms with E-state index >= 15 is 0 Å². The number of carbonyl (C=O) groups excluding carboxylic acids is 1. The average Bonchev–Trinajstić information content (AvgIpc) is 2.67. The van der Waals surface area contributed by atoms with Gasteiger partial charge in [-0.2, -0.15) is 0 Å². The molecule has 0 saturated carbocycles. The highest BCUT2D eigenvalue weighted by Crippen LogP contribution is 2.28. The van der Waals surface area contributed by atoms with Crippen molar-refractivity contribution in [3.05, 3.63) is 89.7 Å². The molecule has 0 saturated heterocycles. The zero-order chi connectivity index (χ0) is 21.0. The van der Waals surface area contributed by atoms with Crippen LogP contribution in [0.2, 0.25) is 0 Å². The summed E-state index contributed by atoms with van der Waals surface area (Å²) in [4.78, 5) is 11.2. The third-order valence-corrected chi connectivity index (χ3v) is 6.11. The third kappa shape index (κ3) is 4.81. The molecule has 0 radical (unpaired) electrons. The minimum Gasteiger partial charge on any atom is -0.326 e. The van der Waals surface area contributed by atoms with Crippen LogP contribution in [0.15, 0.2) is 77.7 Å². The summed E-state index contributed by atoms with van der Waals surface area (Å²) in [6.45, 7) is 3.09. The van der Waals surface area contributed by atoms with Crippen molar-refractivity contribution in [3.63, 3.8) is 0 Å². The summed E-state index contributed by atoms with van der Waals surface area (Å²) >= 11 is 0. The fraction of sp³-hybridized carbons (Fsp3) is 0.136. The highest BCUT2D eigenvalue weighted by Gasteiger charge is 2.26. The van der Waals surface area contributed by atoms with Crippen LogP contribution in [-0.4, -0.2) is 14.3 Å². The van der Waals surface area contributed by atoms with E-state index in [1.807, 2.05) is 13.0 Å². The molecule has 0 aliphatic carbocycles. The second kappa shape index (κ2) is 8.45. The predicted octanol–water partition coefficient (Wildman–Crippen LogP) is 4.49. The Morgan fingerprint density at radius 3 is 2.31 bits per heavy atom. The number of aryl methyl sites for hydroxylation is 1. The van der Waals surface area contributed by atoms with Gasteiger partial charge in [-0.1, -0.05) is 30.3 Å². The van der Waals surface area contributed by atoms with Gasteiger partial charge in [0.15, 0.2) is 0 Å². The lowest BCUT2D eigenvalue weighted by Crippen LogP contribution is -2.31. The first-order valence-corrected chi connectivity index (χ1v) is 10.4. The molecule has 3 rings (SSSR count). The molecule has 0 aromatic heterocycles. The summed E-state index contributed by atoms with van der Waals surface area (Å²) in [6.07, 6.45) is 0. The van der Waals surface area contributed by atoms with Gasteiger partial charge in [0, 0.05) is 18.2 Å². The van der Waals surface area contributed by atoms with Gasteiger partial charge in [0.1, 0.15) is 5.82 Å². The van der Waals surface area contributed by atoms with Crippen LogP contribution in [0.1, 0.15) is 18.1 Å². The minimum atomic E-state index is -3.98. The van der Waals surface area contributed by atoms with E-state index in [9.17, 15) is 17.6 Å². The minimum absolute atomic E-state index is 0.0458. The molecule has 3 aromatic rings. The largest absolute Gasteiger partial charge is 0.326 e. The van der Waals surface area contributed by atoms with Crippen LogP contribution >= 0.6 is 0 Å². The number of benzene rings is 3. The Morgan fingerprint density at radius 1 is 1.00 bits per heavy atom. The maximum atomic E-state index is 14.2. The van der Waals surface area contributed by atoms with E-state index < -0.39 is 15.8 Å². The van der Waals surface area contributed by atoms with Gasteiger partial charge < -0.3 is 5.32 Å². The number of sulfonamides is 1. The van der Waals surface area contributed by atoms with E-state index in [-0.39, 0.29) is 22.9 Å². The van der Waals surface area contributed by atoms with Crippen molar-refractivity contribution in [1.82, 2.24) is 0 Å². The Bertz CT molecular complexity index is 1130. The van der Waals surface area contributed by atoms with E-state index in [1.165, 1.54) is 41.6 Å². The van der Waals surface area contributed by atoms with Crippen LogP contribution in [0.5, 0.6) is 0 Å². The summed E-state index contributed by atoms with van der Waals surface area (Å²) < 4.78 is 42.3. The molecular formula is C22H21FN2O3S. The van der Waals surface area contributed by atoms with Gasteiger partial charge >= 0.3 is 0 Å². The van der Waals surface area contributed by atoms with Crippen molar-refractivity contribution < 1.29 is 17.6 Å². The molecule has 0 heterocycles. The van der Waals surface area contributed by atoms with Crippen LogP contribution in [0, 0.1) is 12.7 Å². The number of nitrogens with zero attached hydrogens (tertiary/aromatic N) is 1. The van der Waals surface area contributed by atoms with Gasteiger partial charge in [0.25, 0.3) is 10.0 Å². The van der Waals surface area contributed by atoms with Gasteiger partial charge in [-0.15, -0.1) is 0 Å². The molecule has 5 nitrogen and oxygen atoms in total. The van der Waals surface area contributed by atoms with E-state index in [0.29, 0.717) is 11.4 Å². The van der Waals surface area contributed by atoms with Crippen LogP contribution < -0.4 is 9.62 Å². The number of halogens is 1. The molecule has 0 aliphatic rings. The Balaban J connectivity index is 2.04. The van der Waals surface area contributed by atoms with E-state index in [0.717, 1.165) is 5.56 Å². The van der Waals surface area contributed by atoms with E-state index in [2.05, 4.69) is 5.32 Å². The number of carbonyl (C=O) groups is 1. The summed E-state index contributed by atoms with van der Waals surface area (Å²) in [5, 5.41) is 2.60. The van der Waals surface area contributed by atoms with Gasteiger partial charge in [-0.05, 0) is 55.0 Å². The molecule has 29 heavy (non-hydrogen) atoms. The first kappa shape index (κ1) is 20.5. The zero-order valence-corrected chi connectivity index (χ0v) is 16.9. The summed E-state index contributed by atoms with van der Waals surface area (Å²) in [5.74, 6) is -0.720. The van der Waals surface area contributed by atoms with E-state index in [1.54, 1.807) is 36.4 Å². The molecule has 0 atom stereocenters.